The molecule has 2 aromatic rings. The third kappa shape index (κ3) is 6.25. The van der Waals surface area contributed by atoms with Crippen molar-refractivity contribution in [3.63, 3.8) is 0 Å². The highest BCUT2D eigenvalue weighted by atomic mass is 32.2. The van der Waals surface area contributed by atoms with E-state index in [0.717, 1.165) is 12.0 Å². The lowest BCUT2D eigenvalue weighted by Crippen LogP contribution is -2.28. The number of methoxy groups -OCH3 is 1. The van der Waals surface area contributed by atoms with Crippen molar-refractivity contribution in [1.29, 1.82) is 0 Å². The van der Waals surface area contributed by atoms with Crippen molar-refractivity contribution in [3.8, 4) is 11.5 Å². The molecule has 1 atom stereocenters. The molecule has 0 bridgehead atoms. The van der Waals surface area contributed by atoms with Crippen molar-refractivity contribution >= 4 is 17.7 Å². The number of aryl methyl sites for hydroxylation is 1. The Hall–Kier alpha value is -2.48. The normalized spacial score (nSPS) is 11.8. The molecular formula is C21H29N3O4S. The van der Waals surface area contributed by atoms with Gasteiger partial charge in [-0.05, 0) is 50.6 Å². The van der Waals surface area contributed by atoms with Crippen molar-refractivity contribution < 1.29 is 14.3 Å². The molecule has 1 aromatic carbocycles. The van der Waals surface area contributed by atoms with Crippen LogP contribution < -0.4 is 20.3 Å². The number of benzene rings is 1. The number of nitrogens with zero attached hydrogens (tertiary/aromatic N) is 1. The molecule has 29 heavy (non-hydrogen) atoms. The quantitative estimate of drug-likeness (QED) is 0.453. The van der Waals surface area contributed by atoms with Crippen LogP contribution in [0.1, 0.15) is 49.6 Å². The van der Waals surface area contributed by atoms with E-state index in [-0.39, 0.29) is 23.9 Å². The summed E-state index contributed by atoms with van der Waals surface area (Å²) in [6, 6.07) is 5.44. The number of thioether (sulfide) groups is 1. The van der Waals surface area contributed by atoms with Crippen LogP contribution in [-0.4, -0.2) is 35.8 Å². The number of aromatic nitrogens is 2. The number of carbonyl (C=O) groups excluding carboxylic acids is 1. The fourth-order valence-electron chi connectivity index (χ4n) is 2.90. The minimum Gasteiger partial charge on any atom is -0.493 e. The van der Waals surface area contributed by atoms with Gasteiger partial charge in [0.15, 0.2) is 16.7 Å². The Balaban J connectivity index is 2.00. The van der Waals surface area contributed by atoms with Gasteiger partial charge in [-0.15, -0.1) is 0 Å². The molecule has 8 heteroatoms. The zero-order chi connectivity index (χ0) is 21.4. The van der Waals surface area contributed by atoms with Crippen LogP contribution in [0.3, 0.4) is 0 Å². The number of ether oxygens (including phenoxy) is 2. The van der Waals surface area contributed by atoms with Crippen LogP contribution in [0.25, 0.3) is 0 Å². The Kier molecular flexibility index (Phi) is 8.57. The molecule has 2 N–H and O–H groups in total. The monoisotopic (exact) mass is 419 g/mol. The molecule has 0 radical (unpaired) electrons. The van der Waals surface area contributed by atoms with Crippen molar-refractivity contribution in [1.82, 2.24) is 15.3 Å². The Bertz CT molecular complexity index is 898. The highest BCUT2D eigenvalue weighted by Gasteiger charge is 2.15. The van der Waals surface area contributed by atoms with Crippen LogP contribution in [0.2, 0.25) is 0 Å². The van der Waals surface area contributed by atoms with E-state index in [1.165, 1.54) is 11.8 Å². The maximum atomic E-state index is 12.4. The van der Waals surface area contributed by atoms with Crippen LogP contribution in [0.5, 0.6) is 11.5 Å². The summed E-state index contributed by atoms with van der Waals surface area (Å²) in [5.74, 6) is 1.20. The molecule has 7 nitrogen and oxygen atoms in total. The number of aromatic amines is 1. The molecule has 0 aliphatic carbocycles. The third-order valence-corrected chi connectivity index (χ3v) is 5.10. The number of carbonyl (C=O) groups is 1. The Morgan fingerprint density at radius 2 is 2.10 bits per heavy atom. The van der Waals surface area contributed by atoms with Crippen molar-refractivity contribution in [2.75, 3.05) is 20.0 Å². The number of amides is 1. The van der Waals surface area contributed by atoms with Crippen LogP contribution in [0.15, 0.2) is 28.2 Å². The van der Waals surface area contributed by atoms with Gasteiger partial charge in [-0.3, -0.25) is 9.59 Å². The summed E-state index contributed by atoms with van der Waals surface area (Å²) in [5, 5.41) is 3.55. The summed E-state index contributed by atoms with van der Waals surface area (Å²) in [4.78, 5) is 31.7. The Morgan fingerprint density at radius 3 is 2.72 bits per heavy atom. The predicted molar refractivity (Wildman–Crippen MR) is 115 cm³/mol. The molecule has 0 saturated heterocycles. The second-order valence-corrected chi connectivity index (χ2v) is 7.48. The smallest absolute Gasteiger partial charge is 0.254 e. The second-order valence-electron chi connectivity index (χ2n) is 6.69. The van der Waals surface area contributed by atoms with Gasteiger partial charge < -0.3 is 19.8 Å². The Labute approximate surface area is 175 Å². The van der Waals surface area contributed by atoms with Gasteiger partial charge in [0.25, 0.3) is 5.56 Å². The first-order valence-electron chi connectivity index (χ1n) is 9.63. The fourth-order valence-corrected chi connectivity index (χ4v) is 3.32. The van der Waals surface area contributed by atoms with Crippen LogP contribution in [-0.2, 0) is 11.2 Å². The molecule has 0 spiro atoms. The van der Waals surface area contributed by atoms with Gasteiger partial charge in [0.2, 0.25) is 5.91 Å². The molecule has 2 rings (SSSR count). The standard InChI is InChI=1S/C21H29N3O4S/c1-6-11-28-17-9-7-15(12-18(17)27-4)13(2)22-19(25)10-8-16-14(3)23-21(29-5)24-20(16)26/h7,9,12-13H,6,8,10-11H2,1-5H3,(H,22,25)(H,23,24,26). The minimum absolute atomic E-state index is 0.129. The van der Waals surface area contributed by atoms with Gasteiger partial charge in [-0.2, -0.15) is 0 Å². The van der Waals surface area contributed by atoms with Gasteiger partial charge >= 0.3 is 0 Å². The van der Waals surface area contributed by atoms with E-state index >= 15 is 0 Å². The minimum atomic E-state index is -0.201. The van der Waals surface area contributed by atoms with Crippen LogP contribution in [0, 0.1) is 6.92 Å². The summed E-state index contributed by atoms with van der Waals surface area (Å²) < 4.78 is 11.1. The summed E-state index contributed by atoms with van der Waals surface area (Å²) in [6.45, 7) is 6.36. The molecule has 0 saturated carbocycles. The van der Waals surface area contributed by atoms with Crippen LogP contribution in [0.4, 0.5) is 0 Å². The average Bonchev–Trinajstić information content (AvgIpc) is 2.71. The predicted octanol–water partition coefficient (Wildman–Crippen LogP) is 3.41. The number of nitrogens with one attached hydrogen (secondary N) is 2. The van der Waals surface area contributed by atoms with Gasteiger partial charge in [0.05, 0.1) is 19.8 Å². The summed E-state index contributed by atoms with van der Waals surface area (Å²) >= 11 is 1.38. The SMILES string of the molecule is CCCOc1ccc(C(C)NC(=O)CCc2c(C)nc(SC)[nH]c2=O)cc1OC. The molecule has 1 aromatic heterocycles. The van der Waals surface area contributed by atoms with E-state index in [1.54, 1.807) is 14.0 Å². The second kappa shape index (κ2) is 10.9. The number of hydrogen-bond donors (Lipinski definition) is 2. The molecule has 0 fully saturated rings. The molecule has 1 amide bonds. The number of hydrogen-bond acceptors (Lipinski definition) is 6. The highest BCUT2D eigenvalue weighted by Crippen LogP contribution is 2.30. The van der Waals surface area contributed by atoms with E-state index in [9.17, 15) is 9.59 Å². The van der Waals surface area contributed by atoms with E-state index in [0.29, 0.717) is 40.9 Å². The first kappa shape index (κ1) is 22.8. The zero-order valence-corrected chi connectivity index (χ0v) is 18.4. The molecule has 0 aliphatic heterocycles. The van der Waals surface area contributed by atoms with E-state index in [1.807, 2.05) is 38.3 Å². The summed E-state index contributed by atoms with van der Waals surface area (Å²) in [6.07, 6.45) is 3.32. The molecule has 158 valence electrons. The summed E-state index contributed by atoms with van der Waals surface area (Å²) in [7, 11) is 1.59. The topological polar surface area (TPSA) is 93.3 Å². The lowest BCUT2D eigenvalue weighted by Gasteiger charge is -2.17. The maximum absolute atomic E-state index is 12.4. The Morgan fingerprint density at radius 1 is 1.34 bits per heavy atom. The van der Waals surface area contributed by atoms with Crippen molar-refractivity contribution in [2.24, 2.45) is 0 Å². The van der Waals surface area contributed by atoms with Crippen molar-refractivity contribution in [2.45, 2.75) is 51.2 Å². The number of rotatable bonds is 10. The summed E-state index contributed by atoms with van der Waals surface area (Å²) in [5.41, 5.74) is 1.94. The van der Waals surface area contributed by atoms with Gasteiger partial charge in [0, 0.05) is 17.7 Å². The average molecular weight is 420 g/mol. The van der Waals surface area contributed by atoms with Gasteiger partial charge in [-0.25, -0.2) is 4.98 Å². The van der Waals surface area contributed by atoms with E-state index in [2.05, 4.69) is 15.3 Å². The van der Waals surface area contributed by atoms with Gasteiger partial charge in [-0.1, -0.05) is 24.8 Å². The van der Waals surface area contributed by atoms with E-state index < -0.39 is 0 Å². The molecule has 0 aliphatic rings. The third-order valence-electron chi connectivity index (χ3n) is 4.52. The zero-order valence-electron chi connectivity index (χ0n) is 17.6. The van der Waals surface area contributed by atoms with Crippen LogP contribution >= 0.6 is 11.8 Å². The first-order valence-corrected chi connectivity index (χ1v) is 10.9. The fraction of sp³-hybridized carbons (Fsp3) is 0.476. The largest absolute Gasteiger partial charge is 0.493 e. The number of H-pyrrole nitrogens is 1. The van der Waals surface area contributed by atoms with Crippen molar-refractivity contribution in [3.05, 3.63) is 45.4 Å². The molecule has 1 unspecified atom stereocenters. The molecular weight excluding hydrogens is 390 g/mol. The highest BCUT2D eigenvalue weighted by molar-refractivity contribution is 7.98. The lowest BCUT2D eigenvalue weighted by molar-refractivity contribution is -0.121. The maximum Gasteiger partial charge on any atom is 0.254 e. The first-order chi connectivity index (χ1) is 13.9. The van der Waals surface area contributed by atoms with Gasteiger partial charge in [0.1, 0.15) is 0 Å². The molecule has 1 heterocycles. The van der Waals surface area contributed by atoms with E-state index in [4.69, 9.17) is 9.47 Å². The lowest BCUT2D eigenvalue weighted by atomic mass is 10.1.